The van der Waals surface area contributed by atoms with Gasteiger partial charge in [-0.3, -0.25) is 4.79 Å². The van der Waals surface area contributed by atoms with Crippen molar-refractivity contribution in [1.82, 2.24) is 20.1 Å². The van der Waals surface area contributed by atoms with Crippen LogP contribution in [-0.4, -0.2) is 32.8 Å². The lowest BCUT2D eigenvalue weighted by atomic mass is 9.90. The Labute approximate surface area is 139 Å². The second-order valence-corrected chi connectivity index (χ2v) is 5.68. The van der Waals surface area contributed by atoms with E-state index in [1.807, 2.05) is 6.92 Å². The van der Waals surface area contributed by atoms with E-state index < -0.39 is 11.4 Å². The highest BCUT2D eigenvalue weighted by atomic mass is 35.5. The number of rotatable bonds is 3. The summed E-state index contributed by atoms with van der Waals surface area (Å²) in [7, 11) is 0. The third-order valence-corrected chi connectivity index (χ3v) is 3.99. The molecule has 1 aliphatic rings. The summed E-state index contributed by atoms with van der Waals surface area (Å²) in [6, 6.07) is 4.52. The molecule has 1 amide bonds. The fourth-order valence-electron chi connectivity index (χ4n) is 2.62. The minimum absolute atomic E-state index is 0. The summed E-state index contributed by atoms with van der Waals surface area (Å²) < 4.78 is 15.5. The van der Waals surface area contributed by atoms with Gasteiger partial charge in [0.1, 0.15) is 18.3 Å². The second-order valence-electron chi connectivity index (χ2n) is 5.68. The third-order valence-electron chi connectivity index (χ3n) is 3.99. The highest BCUT2D eigenvalue weighted by Crippen LogP contribution is 2.22. The van der Waals surface area contributed by atoms with Crippen LogP contribution in [0.5, 0.6) is 0 Å². The van der Waals surface area contributed by atoms with Crippen molar-refractivity contribution in [2.75, 3.05) is 11.9 Å². The van der Waals surface area contributed by atoms with E-state index in [1.165, 1.54) is 23.4 Å². The molecule has 1 aromatic heterocycles. The first-order valence-electron chi connectivity index (χ1n) is 7.29. The molecule has 1 unspecified atom stereocenters. The SMILES string of the molecule is CC1(C(=O)Nc2ccc(-n3cncn3)c(F)c2)CCCCN1.Cl. The number of hydrogen-bond acceptors (Lipinski definition) is 4. The van der Waals surface area contributed by atoms with E-state index in [0.29, 0.717) is 5.69 Å². The Morgan fingerprint density at radius 3 is 2.87 bits per heavy atom. The van der Waals surface area contributed by atoms with Gasteiger partial charge in [0.05, 0.1) is 5.54 Å². The molecule has 1 fully saturated rings. The lowest BCUT2D eigenvalue weighted by Gasteiger charge is -2.33. The van der Waals surface area contributed by atoms with Gasteiger partial charge >= 0.3 is 0 Å². The Bertz CT molecular complexity index is 671. The molecule has 1 atom stereocenters. The smallest absolute Gasteiger partial charge is 0.244 e. The molecule has 124 valence electrons. The molecule has 1 saturated heterocycles. The Hall–Kier alpha value is -1.99. The van der Waals surface area contributed by atoms with E-state index in [9.17, 15) is 9.18 Å². The lowest BCUT2D eigenvalue weighted by molar-refractivity contribution is -0.122. The maximum atomic E-state index is 14.1. The van der Waals surface area contributed by atoms with Crippen LogP contribution in [0.1, 0.15) is 26.2 Å². The van der Waals surface area contributed by atoms with Gasteiger partial charge in [0.2, 0.25) is 5.91 Å². The van der Waals surface area contributed by atoms with Crippen molar-refractivity contribution in [3.05, 3.63) is 36.7 Å². The fourth-order valence-corrected chi connectivity index (χ4v) is 2.62. The molecule has 0 aliphatic carbocycles. The molecule has 6 nitrogen and oxygen atoms in total. The molecule has 0 bridgehead atoms. The van der Waals surface area contributed by atoms with Gasteiger partial charge in [-0.05, 0) is 50.9 Å². The fraction of sp³-hybridized carbons (Fsp3) is 0.400. The molecular formula is C15H19ClFN5O. The van der Waals surface area contributed by atoms with Gasteiger partial charge < -0.3 is 10.6 Å². The van der Waals surface area contributed by atoms with Gasteiger partial charge in [-0.1, -0.05) is 0 Å². The molecule has 1 aliphatic heterocycles. The summed E-state index contributed by atoms with van der Waals surface area (Å²) in [5.41, 5.74) is 0.122. The Balaban J connectivity index is 0.00000192. The van der Waals surface area contributed by atoms with E-state index in [-0.39, 0.29) is 24.0 Å². The van der Waals surface area contributed by atoms with Gasteiger partial charge in [0.25, 0.3) is 0 Å². The standard InChI is InChI=1S/C15H18FN5O.ClH/c1-15(6-2-3-7-18-15)14(22)20-11-4-5-13(12(16)8-11)21-10-17-9-19-21;/h4-5,8-10,18H,2-3,6-7H2,1H3,(H,20,22);1H. The predicted octanol–water partition coefficient (Wildman–Crippen LogP) is 2.30. The molecule has 8 heteroatoms. The number of amides is 1. The van der Waals surface area contributed by atoms with Crippen LogP contribution in [0.4, 0.5) is 10.1 Å². The summed E-state index contributed by atoms with van der Waals surface area (Å²) in [6.45, 7) is 2.70. The normalized spacial score (nSPS) is 20.6. The van der Waals surface area contributed by atoms with Crippen LogP contribution in [0, 0.1) is 5.82 Å². The average Bonchev–Trinajstić information content (AvgIpc) is 3.02. The molecule has 1 aromatic carbocycles. The van der Waals surface area contributed by atoms with Crippen LogP contribution in [0.25, 0.3) is 5.69 Å². The average molecular weight is 340 g/mol. The zero-order chi connectivity index (χ0) is 15.6. The zero-order valence-corrected chi connectivity index (χ0v) is 13.6. The maximum absolute atomic E-state index is 14.1. The van der Waals surface area contributed by atoms with Crippen molar-refractivity contribution in [3.8, 4) is 5.69 Å². The van der Waals surface area contributed by atoms with Crippen molar-refractivity contribution in [1.29, 1.82) is 0 Å². The molecule has 2 heterocycles. The van der Waals surface area contributed by atoms with Gasteiger partial charge in [-0.15, -0.1) is 12.4 Å². The quantitative estimate of drug-likeness (QED) is 0.900. The summed E-state index contributed by atoms with van der Waals surface area (Å²) in [5, 5.41) is 9.91. The van der Waals surface area contributed by atoms with Crippen molar-refractivity contribution in [3.63, 3.8) is 0 Å². The van der Waals surface area contributed by atoms with Crippen LogP contribution >= 0.6 is 12.4 Å². The number of benzene rings is 1. The second kappa shape index (κ2) is 7.06. The van der Waals surface area contributed by atoms with Gasteiger partial charge in [0.15, 0.2) is 5.82 Å². The number of piperidine rings is 1. The first kappa shape index (κ1) is 17.4. The van der Waals surface area contributed by atoms with E-state index in [0.717, 1.165) is 25.8 Å². The summed E-state index contributed by atoms with van der Waals surface area (Å²) in [5.74, 6) is -0.606. The number of anilines is 1. The number of aromatic nitrogens is 3. The Morgan fingerprint density at radius 1 is 1.43 bits per heavy atom. The van der Waals surface area contributed by atoms with Gasteiger partial charge in [-0.25, -0.2) is 14.1 Å². The molecule has 2 aromatic rings. The Kier molecular flexibility index (Phi) is 5.33. The van der Waals surface area contributed by atoms with Gasteiger partial charge in [0, 0.05) is 5.69 Å². The summed E-state index contributed by atoms with van der Waals surface area (Å²) >= 11 is 0. The molecular weight excluding hydrogens is 321 g/mol. The van der Waals surface area contributed by atoms with Crippen molar-refractivity contribution in [2.45, 2.75) is 31.7 Å². The first-order valence-corrected chi connectivity index (χ1v) is 7.29. The number of hydrogen-bond donors (Lipinski definition) is 2. The van der Waals surface area contributed by atoms with Gasteiger partial charge in [-0.2, -0.15) is 5.10 Å². The van der Waals surface area contributed by atoms with Crippen LogP contribution in [-0.2, 0) is 4.79 Å². The van der Waals surface area contributed by atoms with Crippen LogP contribution in [0.3, 0.4) is 0 Å². The highest BCUT2D eigenvalue weighted by Gasteiger charge is 2.34. The van der Waals surface area contributed by atoms with Crippen molar-refractivity contribution < 1.29 is 9.18 Å². The summed E-state index contributed by atoms with van der Waals surface area (Å²) in [4.78, 5) is 16.2. The van der Waals surface area contributed by atoms with Crippen LogP contribution in [0.2, 0.25) is 0 Å². The number of carbonyl (C=O) groups is 1. The Morgan fingerprint density at radius 2 is 2.26 bits per heavy atom. The molecule has 0 radical (unpaired) electrons. The van der Waals surface area contributed by atoms with Crippen molar-refractivity contribution >= 4 is 24.0 Å². The molecule has 0 spiro atoms. The van der Waals surface area contributed by atoms with Crippen molar-refractivity contribution in [2.24, 2.45) is 0 Å². The maximum Gasteiger partial charge on any atom is 0.244 e. The molecule has 23 heavy (non-hydrogen) atoms. The highest BCUT2D eigenvalue weighted by molar-refractivity contribution is 5.98. The monoisotopic (exact) mass is 339 g/mol. The van der Waals surface area contributed by atoms with E-state index in [4.69, 9.17) is 0 Å². The van der Waals surface area contributed by atoms with E-state index in [2.05, 4.69) is 20.7 Å². The largest absolute Gasteiger partial charge is 0.324 e. The number of halogens is 2. The lowest BCUT2D eigenvalue weighted by Crippen LogP contribution is -2.54. The summed E-state index contributed by atoms with van der Waals surface area (Å²) in [6.07, 6.45) is 5.62. The first-order chi connectivity index (χ1) is 10.6. The minimum atomic E-state index is -0.598. The molecule has 0 saturated carbocycles. The zero-order valence-electron chi connectivity index (χ0n) is 12.8. The van der Waals surface area contributed by atoms with E-state index >= 15 is 0 Å². The molecule has 2 N–H and O–H groups in total. The van der Waals surface area contributed by atoms with Crippen LogP contribution in [0.15, 0.2) is 30.9 Å². The third kappa shape index (κ3) is 3.68. The van der Waals surface area contributed by atoms with Crippen LogP contribution < -0.4 is 10.6 Å². The van der Waals surface area contributed by atoms with E-state index in [1.54, 1.807) is 12.1 Å². The molecule has 3 rings (SSSR count). The number of nitrogens with zero attached hydrogens (tertiary/aromatic N) is 3. The number of nitrogens with one attached hydrogen (secondary N) is 2. The number of carbonyl (C=O) groups excluding carboxylic acids is 1. The minimum Gasteiger partial charge on any atom is -0.324 e. The topological polar surface area (TPSA) is 71.8 Å². The predicted molar refractivity (Wildman–Crippen MR) is 87.5 cm³/mol.